The first-order chi connectivity index (χ1) is 11.3. The van der Waals surface area contributed by atoms with E-state index in [-0.39, 0.29) is 6.03 Å². The highest BCUT2D eigenvalue weighted by Gasteiger charge is 2.00. The molecule has 2 aromatic carbocycles. The Morgan fingerprint density at radius 3 is 2.43 bits per heavy atom. The number of amides is 2. The summed E-state index contributed by atoms with van der Waals surface area (Å²) in [7, 11) is 0. The van der Waals surface area contributed by atoms with E-state index in [1.807, 2.05) is 49.4 Å². The van der Waals surface area contributed by atoms with E-state index in [1.54, 1.807) is 0 Å². The molecule has 2 amide bonds. The highest BCUT2D eigenvalue weighted by atomic mass is 16.5. The quantitative estimate of drug-likeness (QED) is 0.735. The van der Waals surface area contributed by atoms with Crippen molar-refractivity contribution in [1.29, 1.82) is 0 Å². The van der Waals surface area contributed by atoms with Crippen LogP contribution in [0.5, 0.6) is 5.75 Å². The molecule has 0 radical (unpaired) electrons. The molecule has 2 rings (SSSR count). The third-order valence-electron chi connectivity index (χ3n) is 3.50. The predicted octanol–water partition coefficient (Wildman–Crippen LogP) is 3.31. The molecule has 0 saturated carbocycles. The number of hydrogen-bond donors (Lipinski definition) is 2. The number of benzene rings is 2. The van der Waals surface area contributed by atoms with Crippen molar-refractivity contribution in [3.63, 3.8) is 0 Å². The highest BCUT2D eigenvalue weighted by Crippen LogP contribution is 2.15. The van der Waals surface area contributed by atoms with Gasteiger partial charge >= 0.3 is 6.03 Å². The average molecular weight is 312 g/mol. The van der Waals surface area contributed by atoms with Gasteiger partial charge in [-0.15, -0.1) is 0 Å². The number of rotatable bonds is 8. The molecule has 2 aromatic rings. The molecular weight excluding hydrogens is 288 g/mol. The fourth-order valence-corrected chi connectivity index (χ4v) is 2.20. The van der Waals surface area contributed by atoms with E-state index in [4.69, 9.17) is 4.74 Å². The van der Waals surface area contributed by atoms with Crippen LogP contribution in [0, 0.1) is 6.92 Å². The Hall–Kier alpha value is -2.49. The number of hydrogen-bond acceptors (Lipinski definition) is 2. The minimum absolute atomic E-state index is 0.128. The van der Waals surface area contributed by atoms with Gasteiger partial charge in [-0.2, -0.15) is 0 Å². The zero-order valence-electron chi connectivity index (χ0n) is 13.5. The van der Waals surface area contributed by atoms with E-state index in [2.05, 4.69) is 22.8 Å². The smallest absolute Gasteiger partial charge is 0.314 e. The largest absolute Gasteiger partial charge is 0.493 e. The predicted molar refractivity (Wildman–Crippen MR) is 92.8 cm³/mol. The van der Waals surface area contributed by atoms with Crippen LogP contribution in [-0.4, -0.2) is 25.7 Å². The zero-order valence-corrected chi connectivity index (χ0v) is 13.5. The lowest BCUT2D eigenvalue weighted by molar-refractivity contribution is 0.239. The van der Waals surface area contributed by atoms with E-state index in [9.17, 15) is 4.79 Å². The molecule has 0 aliphatic heterocycles. The maximum absolute atomic E-state index is 11.7. The number of aryl methyl sites for hydroxylation is 1. The van der Waals surface area contributed by atoms with Crippen LogP contribution in [0.4, 0.5) is 4.79 Å². The van der Waals surface area contributed by atoms with Gasteiger partial charge in [0.15, 0.2) is 0 Å². The summed E-state index contributed by atoms with van der Waals surface area (Å²) in [6.45, 7) is 3.85. The van der Waals surface area contributed by atoms with Crippen molar-refractivity contribution in [1.82, 2.24) is 10.6 Å². The lowest BCUT2D eigenvalue weighted by atomic mass is 10.1. The van der Waals surface area contributed by atoms with Gasteiger partial charge < -0.3 is 15.4 Å². The van der Waals surface area contributed by atoms with Crippen LogP contribution in [-0.2, 0) is 6.42 Å². The molecule has 0 aliphatic carbocycles. The molecule has 4 heteroatoms. The van der Waals surface area contributed by atoms with Crippen LogP contribution in [0.1, 0.15) is 17.5 Å². The Kier molecular flexibility index (Phi) is 6.98. The van der Waals surface area contributed by atoms with Gasteiger partial charge in [0, 0.05) is 13.1 Å². The van der Waals surface area contributed by atoms with Crippen LogP contribution in [0.15, 0.2) is 54.6 Å². The first-order valence-electron chi connectivity index (χ1n) is 8.00. The summed E-state index contributed by atoms with van der Waals surface area (Å²) in [5, 5.41) is 5.70. The molecule has 122 valence electrons. The Morgan fingerprint density at radius 1 is 0.957 bits per heavy atom. The molecule has 0 unspecified atom stereocenters. The normalized spacial score (nSPS) is 10.1. The van der Waals surface area contributed by atoms with Crippen LogP contribution in [0.25, 0.3) is 0 Å². The van der Waals surface area contributed by atoms with Crippen molar-refractivity contribution >= 4 is 6.03 Å². The van der Waals surface area contributed by atoms with Gasteiger partial charge in [-0.05, 0) is 37.0 Å². The van der Waals surface area contributed by atoms with Crippen LogP contribution < -0.4 is 15.4 Å². The summed E-state index contributed by atoms with van der Waals surface area (Å²) in [5.41, 5.74) is 2.35. The number of carbonyl (C=O) groups excluding carboxylic acids is 1. The van der Waals surface area contributed by atoms with Gasteiger partial charge in [-0.1, -0.05) is 48.5 Å². The second kappa shape index (κ2) is 9.51. The van der Waals surface area contributed by atoms with Gasteiger partial charge in [0.1, 0.15) is 5.75 Å². The molecule has 0 aromatic heterocycles. The molecule has 2 N–H and O–H groups in total. The third-order valence-corrected chi connectivity index (χ3v) is 3.50. The van der Waals surface area contributed by atoms with Crippen LogP contribution in [0.2, 0.25) is 0 Å². The molecule has 4 nitrogen and oxygen atoms in total. The van der Waals surface area contributed by atoms with Crippen molar-refractivity contribution in [2.24, 2.45) is 0 Å². The van der Waals surface area contributed by atoms with Crippen molar-refractivity contribution in [2.45, 2.75) is 19.8 Å². The van der Waals surface area contributed by atoms with Gasteiger partial charge in [0.25, 0.3) is 0 Å². The van der Waals surface area contributed by atoms with Crippen molar-refractivity contribution < 1.29 is 9.53 Å². The Labute approximate surface area is 137 Å². The fraction of sp³-hybridized carbons (Fsp3) is 0.316. The first-order valence-corrected chi connectivity index (χ1v) is 8.00. The lowest BCUT2D eigenvalue weighted by Gasteiger charge is -2.10. The summed E-state index contributed by atoms with van der Waals surface area (Å²) in [5.74, 6) is 0.903. The molecule has 0 saturated heterocycles. The van der Waals surface area contributed by atoms with E-state index in [0.717, 1.165) is 24.2 Å². The minimum atomic E-state index is -0.128. The zero-order chi connectivity index (χ0) is 16.3. The summed E-state index contributed by atoms with van der Waals surface area (Å²) in [4.78, 5) is 11.7. The van der Waals surface area contributed by atoms with Gasteiger partial charge in [-0.25, -0.2) is 4.79 Å². The van der Waals surface area contributed by atoms with Gasteiger partial charge in [-0.3, -0.25) is 0 Å². The third kappa shape index (κ3) is 6.43. The number of ether oxygens (including phenoxy) is 1. The minimum Gasteiger partial charge on any atom is -0.493 e. The number of urea groups is 1. The Balaban J connectivity index is 1.52. The topological polar surface area (TPSA) is 50.4 Å². The van der Waals surface area contributed by atoms with Crippen molar-refractivity contribution in [3.8, 4) is 5.75 Å². The van der Waals surface area contributed by atoms with Crippen LogP contribution in [0.3, 0.4) is 0 Å². The van der Waals surface area contributed by atoms with E-state index in [0.29, 0.717) is 19.7 Å². The van der Waals surface area contributed by atoms with Gasteiger partial charge in [0.05, 0.1) is 6.61 Å². The summed E-state index contributed by atoms with van der Waals surface area (Å²) < 4.78 is 5.69. The van der Waals surface area contributed by atoms with Crippen molar-refractivity contribution in [3.05, 3.63) is 65.7 Å². The highest BCUT2D eigenvalue weighted by molar-refractivity contribution is 5.73. The summed E-state index contributed by atoms with van der Waals surface area (Å²) in [6, 6.07) is 17.9. The summed E-state index contributed by atoms with van der Waals surface area (Å²) >= 11 is 0. The second-order valence-electron chi connectivity index (χ2n) is 5.39. The molecule has 0 spiro atoms. The molecule has 0 heterocycles. The lowest BCUT2D eigenvalue weighted by Crippen LogP contribution is -2.37. The molecule has 23 heavy (non-hydrogen) atoms. The fourth-order valence-electron chi connectivity index (χ4n) is 2.20. The average Bonchev–Trinajstić information content (AvgIpc) is 2.57. The maximum Gasteiger partial charge on any atom is 0.314 e. The molecule has 0 aliphatic rings. The summed E-state index contributed by atoms with van der Waals surface area (Å²) in [6.07, 6.45) is 1.62. The number of nitrogens with one attached hydrogen (secondary N) is 2. The SMILES string of the molecule is Cc1ccccc1OCCCNC(=O)NCCc1ccccc1. The standard InChI is InChI=1S/C19H24N2O2/c1-16-8-5-6-11-18(16)23-15-7-13-20-19(22)21-14-12-17-9-3-2-4-10-17/h2-6,8-11H,7,12-15H2,1H3,(H2,20,21,22). The molecule has 0 fully saturated rings. The molecular formula is C19H24N2O2. The van der Waals surface area contributed by atoms with E-state index < -0.39 is 0 Å². The van der Waals surface area contributed by atoms with E-state index >= 15 is 0 Å². The number of para-hydroxylation sites is 1. The Bertz CT molecular complexity index is 599. The van der Waals surface area contributed by atoms with Crippen molar-refractivity contribution in [2.75, 3.05) is 19.7 Å². The monoisotopic (exact) mass is 312 g/mol. The maximum atomic E-state index is 11.7. The molecule has 0 atom stereocenters. The first kappa shape index (κ1) is 16.9. The Morgan fingerprint density at radius 2 is 1.65 bits per heavy atom. The van der Waals surface area contributed by atoms with Gasteiger partial charge in [0.2, 0.25) is 0 Å². The number of carbonyl (C=O) groups is 1. The van der Waals surface area contributed by atoms with Crippen LogP contribution >= 0.6 is 0 Å². The second-order valence-corrected chi connectivity index (χ2v) is 5.39. The molecule has 0 bridgehead atoms. The van der Waals surface area contributed by atoms with E-state index in [1.165, 1.54) is 5.56 Å².